The molecule has 0 unspecified atom stereocenters. The van der Waals surface area contributed by atoms with Gasteiger partial charge in [-0.05, 0) is 26.0 Å². The minimum Gasteiger partial charge on any atom is -0.497 e. The summed E-state index contributed by atoms with van der Waals surface area (Å²) in [6.45, 7) is 8.76. The van der Waals surface area contributed by atoms with Crippen LogP contribution in [-0.4, -0.2) is 38.2 Å². The van der Waals surface area contributed by atoms with Crippen LogP contribution in [0.15, 0.2) is 30.4 Å². The van der Waals surface area contributed by atoms with Crippen LogP contribution in [-0.2, 0) is 0 Å². The molecule has 1 aromatic carbocycles. The molecule has 0 aliphatic heterocycles. The lowest BCUT2D eigenvalue weighted by atomic mass is 10.2. The van der Waals surface area contributed by atoms with Crippen LogP contribution in [0.4, 0.5) is 10.5 Å². The zero-order valence-corrected chi connectivity index (χ0v) is 12.5. The summed E-state index contributed by atoms with van der Waals surface area (Å²) in [4.78, 5) is 13.9. The van der Waals surface area contributed by atoms with Gasteiger partial charge in [-0.3, -0.25) is 0 Å². The molecule has 5 heteroatoms. The Bertz CT molecular complexity index is 486. The number of nitrogens with zero attached hydrogens (tertiary/aromatic N) is 1. The highest BCUT2D eigenvalue weighted by Gasteiger charge is 2.14. The Hall–Kier alpha value is -2.17. The van der Waals surface area contributed by atoms with Crippen molar-refractivity contribution in [1.82, 2.24) is 4.90 Å². The van der Waals surface area contributed by atoms with E-state index in [9.17, 15) is 4.79 Å². The number of urea groups is 1. The molecule has 5 nitrogen and oxygen atoms in total. The third-order valence-corrected chi connectivity index (χ3v) is 2.78. The molecule has 1 N–H and O–H groups in total. The number of rotatable bonds is 6. The highest BCUT2D eigenvalue weighted by atomic mass is 16.5. The highest BCUT2D eigenvalue weighted by molar-refractivity contribution is 5.91. The summed E-state index contributed by atoms with van der Waals surface area (Å²) in [6.07, 6.45) is 0. The summed E-state index contributed by atoms with van der Waals surface area (Å²) < 4.78 is 10.4. The van der Waals surface area contributed by atoms with Gasteiger partial charge in [0.2, 0.25) is 0 Å². The Morgan fingerprint density at radius 3 is 2.55 bits per heavy atom. The number of ether oxygens (including phenoxy) is 2. The summed E-state index contributed by atoms with van der Waals surface area (Å²) >= 11 is 0. The van der Waals surface area contributed by atoms with Gasteiger partial charge in [-0.2, -0.15) is 0 Å². The molecule has 0 heterocycles. The van der Waals surface area contributed by atoms with Crippen molar-refractivity contribution >= 4 is 11.7 Å². The van der Waals surface area contributed by atoms with Crippen molar-refractivity contribution in [2.45, 2.75) is 13.8 Å². The number of benzene rings is 1. The van der Waals surface area contributed by atoms with Gasteiger partial charge in [0.1, 0.15) is 11.5 Å². The Balaban J connectivity index is 2.90. The van der Waals surface area contributed by atoms with Gasteiger partial charge in [0, 0.05) is 19.2 Å². The molecule has 2 amide bonds. The molecule has 0 atom stereocenters. The highest BCUT2D eigenvalue weighted by Crippen LogP contribution is 2.29. The third-order valence-electron chi connectivity index (χ3n) is 2.78. The minimum atomic E-state index is -0.193. The zero-order chi connectivity index (χ0) is 15.1. The van der Waals surface area contributed by atoms with E-state index in [1.54, 1.807) is 37.3 Å². The van der Waals surface area contributed by atoms with Gasteiger partial charge in [-0.1, -0.05) is 12.2 Å². The first-order chi connectivity index (χ1) is 9.51. The van der Waals surface area contributed by atoms with Crippen LogP contribution in [0.25, 0.3) is 0 Å². The van der Waals surface area contributed by atoms with Gasteiger partial charge in [0.15, 0.2) is 0 Å². The zero-order valence-electron chi connectivity index (χ0n) is 12.5. The maximum absolute atomic E-state index is 12.2. The maximum atomic E-state index is 12.2. The topological polar surface area (TPSA) is 50.8 Å². The van der Waals surface area contributed by atoms with Gasteiger partial charge in [-0.25, -0.2) is 4.79 Å². The lowest BCUT2D eigenvalue weighted by molar-refractivity contribution is 0.218. The van der Waals surface area contributed by atoms with E-state index in [1.165, 1.54) is 0 Å². The molecule has 20 heavy (non-hydrogen) atoms. The van der Waals surface area contributed by atoms with Crippen molar-refractivity contribution in [3.63, 3.8) is 0 Å². The van der Waals surface area contributed by atoms with Crippen molar-refractivity contribution in [1.29, 1.82) is 0 Å². The van der Waals surface area contributed by atoms with E-state index >= 15 is 0 Å². The van der Waals surface area contributed by atoms with E-state index in [0.29, 0.717) is 30.3 Å². The quantitative estimate of drug-likeness (QED) is 0.813. The molecule has 0 saturated heterocycles. The first-order valence-corrected chi connectivity index (χ1v) is 6.44. The van der Waals surface area contributed by atoms with Gasteiger partial charge >= 0.3 is 6.03 Å². The van der Waals surface area contributed by atoms with Crippen LogP contribution >= 0.6 is 0 Å². The van der Waals surface area contributed by atoms with Crippen molar-refractivity contribution in [3.8, 4) is 11.5 Å². The lowest BCUT2D eigenvalue weighted by Crippen LogP contribution is -2.35. The fourth-order valence-electron chi connectivity index (χ4n) is 1.76. The number of carbonyl (C=O) groups excluding carboxylic acids is 1. The smallest absolute Gasteiger partial charge is 0.322 e. The summed E-state index contributed by atoms with van der Waals surface area (Å²) in [5.41, 5.74) is 1.51. The molecule has 0 aromatic heterocycles. The Morgan fingerprint density at radius 1 is 1.35 bits per heavy atom. The van der Waals surface area contributed by atoms with E-state index in [-0.39, 0.29) is 6.03 Å². The summed E-state index contributed by atoms with van der Waals surface area (Å²) in [6, 6.07) is 5.07. The molecular weight excluding hydrogens is 256 g/mol. The minimum absolute atomic E-state index is 0.193. The van der Waals surface area contributed by atoms with E-state index in [2.05, 4.69) is 11.9 Å². The molecule has 0 aliphatic rings. The summed E-state index contributed by atoms with van der Waals surface area (Å²) in [5, 5.41) is 2.83. The Labute approximate surface area is 120 Å². The number of amides is 2. The SMILES string of the molecule is C=C(C)CN(CC)C(=O)Nc1cc(OC)ccc1OC. The number of carbonyl (C=O) groups is 1. The van der Waals surface area contributed by atoms with Crippen LogP contribution in [0.3, 0.4) is 0 Å². The molecule has 0 aliphatic carbocycles. The first kappa shape index (κ1) is 15.9. The van der Waals surface area contributed by atoms with Crippen molar-refractivity contribution in [2.75, 3.05) is 32.6 Å². The summed E-state index contributed by atoms with van der Waals surface area (Å²) in [7, 11) is 3.13. The second-order valence-electron chi connectivity index (χ2n) is 4.47. The molecule has 110 valence electrons. The van der Waals surface area contributed by atoms with E-state index in [0.717, 1.165) is 5.57 Å². The van der Waals surface area contributed by atoms with Gasteiger partial charge < -0.3 is 19.7 Å². The molecule has 0 spiro atoms. The fourth-order valence-corrected chi connectivity index (χ4v) is 1.76. The Morgan fingerprint density at radius 2 is 2.05 bits per heavy atom. The van der Waals surface area contributed by atoms with Crippen LogP contribution in [0.2, 0.25) is 0 Å². The van der Waals surface area contributed by atoms with Crippen molar-refractivity contribution in [3.05, 3.63) is 30.4 Å². The van der Waals surface area contributed by atoms with Crippen LogP contribution in [0, 0.1) is 0 Å². The van der Waals surface area contributed by atoms with Crippen LogP contribution in [0.1, 0.15) is 13.8 Å². The number of hydrogen-bond donors (Lipinski definition) is 1. The van der Waals surface area contributed by atoms with Crippen molar-refractivity contribution < 1.29 is 14.3 Å². The van der Waals surface area contributed by atoms with E-state index < -0.39 is 0 Å². The predicted molar refractivity (Wildman–Crippen MR) is 80.6 cm³/mol. The molecule has 0 bridgehead atoms. The molecule has 0 saturated carbocycles. The number of likely N-dealkylation sites (N-methyl/N-ethyl adjacent to an activating group) is 1. The second kappa shape index (κ2) is 7.43. The second-order valence-corrected chi connectivity index (χ2v) is 4.47. The summed E-state index contributed by atoms with van der Waals surface area (Å²) in [5.74, 6) is 1.24. The van der Waals surface area contributed by atoms with E-state index in [4.69, 9.17) is 9.47 Å². The average molecular weight is 278 g/mol. The third kappa shape index (κ3) is 4.19. The van der Waals surface area contributed by atoms with Gasteiger partial charge in [-0.15, -0.1) is 0 Å². The van der Waals surface area contributed by atoms with Crippen molar-refractivity contribution in [2.24, 2.45) is 0 Å². The normalized spacial score (nSPS) is 9.80. The lowest BCUT2D eigenvalue weighted by Gasteiger charge is -2.22. The maximum Gasteiger partial charge on any atom is 0.322 e. The fraction of sp³-hybridized carbons (Fsp3) is 0.400. The van der Waals surface area contributed by atoms with Crippen LogP contribution < -0.4 is 14.8 Å². The molecule has 1 aromatic rings. The number of methoxy groups -OCH3 is 2. The van der Waals surface area contributed by atoms with Gasteiger partial charge in [0.05, 0.1) is 19.9 Å². The molecule has 0 fully saturated rings. The monoisotopic (exact) mass is 278 g/mol. The largest absolute Gasteiger partial charge is 0.497 e. The molecular formula is C15H22N2O3. The number of nitrogens with one attached hydrogen (secondary N) is 1. The number of hydrogen-bond acceptors (Lipinski definition) is 3. The number of anilines is 1. The van der Waals surface area contributed by atoms with Crippen LogP contribution in [0.5, 0.6) is 11.5 Å². The Kier molecular flexibility index (Phi) is 5.90. The molecule has 1 rings (SSSR count). The average Bonchev–Trinajstić information content (AvgIpc) is 2.44. The standard InChI is InChI=1S/C15H22N2O3/c1-6-17(10-11(2)3)15(18)16-13-9-12(19-4)7-8-14(13)20-5/h7-9H,2,6,10H2,1,3-5H3,(H,16,18). The van der Waals surface area contributed by atoms with Gasteiger partial charge in [0.25, 0.3) is 0 Å². The van der Waals surface area contributed by atoms with E-state index in [1.807, 2.05) is 13.8 Å². The molecule has 0 radical (unpaired) electrons. The predicted octanol–water partition coefficient (Wildman–Crippen LogP) is 3.13. The first-order valence-electron chi connectivity index (χ1n) is 6.44.